The van der Waals surface area contributed by atoms with E-state index in [4.69, 9.17) is 11.6 Å². The number of nitrogens with one attached hydrogen (secondary N) is 1. The molecular weight excluding hydrogens is 280 g/mol. The van der Waals surface area contributed by atoms with Gasteiger partial charge in [0.15, 0.2) is 5.15 Å². The topological polar surface area (TPSA) is 68.9 Å². The van der Waals surface area contributed by atoms with Crippen molar-refractivity contribution in [3.8, 4) is 0 Å². The van der Waals surface area contributed by atoms with Crippen molar-refractivity contribution in [3.05, 3.63) is 55.6 Å². The van der Waals surface area contributed by atoms with Gasteiger partial charge in [0.25, 0.3) is 5.56 Å². The molecular formula is C13H15ClN4O2. The van der Waals surface area contributed by atoms with E-state index in [0.29, 0.717) is 16.4 Å². The van der Waals surface area contributed by atoms with Crippen molar-refractivity contribution >= 4 is 17.3 Å². The number of aryl methyl sites for hydroxylation is 2. The Morgan fingerprint density at radius 2 is 2.05 bits per heavy atom. The summed E-state index contributed by atoms with van der Waals surface area (Å²) in [5, 5.41) is 3.44. The molecule has 20 heavy (non-hydrogen) atoms. The minimum atomic E-state index is -0.352. The lowest BCUT2D eigenvalue weighted by Gasteiger charge is -2.11. The highest BCUT2D eigenvalue weighted by Crippen LogP contribution is 2.22. The molecule has 2 rings (SSSR count). The van der Waals surface area contributed by atoms with Crippen LogP contribution in [-0.4, -0.2) is 14.1 Å². The quantitative estimate of drug-likeness (QED) is 0.859. The van der Waals surface area contributed by atoms with E-state index in [9.17, 15) is 9.59 Å². The van der Waals surface area contributed by atoms with Gasteiger partial charge in [-0.05, 0) is 18.6 Å². The van der Waals surface area contributed by atoms with E-state index < -0.39 is 0 Å². The predicted molar refractivity (Wildman–Crippen MR) is 78.2 cm³/mol. The minimum Gasteiger partial charge on any atom is -0.378 e. The highest BCUT2D eigenvalue weighted by molar-refractivity contribution is 6.32. The number of rotatable bonds is 3. The van der Waals surface area contributed by atoms with Crippen LogP contribution in [0.1, 0.15) is 11.1 Å². The molecule has 0 amide bonds. The van der Waals surface area contributed by atoms with Crippen LogP contribution in [0.4, 0.5) is 5.69 Å². The van der Waals surface area contributed by atoms with Gasteiger partial charge in [0.1, 0.15) is 0 Å². The van der Waals surface area contributed by atoms with Gasteiger partial charge in [-0.3, -0.25) is 9.36 Å². The van der Waals surface area contributed by atoms with Gasteiger partial charge in [0.05, 0.1) is 11.3 Å². The third-order valence-electron chi connectivity index (χ3n) is 3.09. The Bertz CT molecular complexity index is 744. The first-order valence-electron chi connectivity index (χ1n) is 6.02. The van der Waals surface area contributed by atoms with Gasteiger partial charge in [0, 0.05) is 33.0 Å². The van der Waals surface area contributed by atoms with Gasteiger partial charge in [-0.2, -0.15) is 0 Å². The van der Waals surface area contributed by atoms with Crippen LogP contribution >= 0.6 is 11.6 Å². The Hall–Kier alpha value is -2.08. The Kier molecular flexibility index (Phi) is 3.94. The average Bonchev–Trinajstić information content (AvgIpc) is 2.41. The molecule has 2 heterocycles. The summed E-state index contributed by atoms with van der Waals surface area (Å²) >= 11 is 6.01. The zero-order chi connectivity index (χ0) is 14.9. The van der Waals surface area contributed by atoms with Crippen LogP contribution in [0.2, 0.25) is 5.15 Å². The van der Waals surface area contributed by atoms with E-state index in [2.05, 4.69) is 10.3 Å². The number of hydrogen-bond acceptors (Lipinski definition) is 4. The first-order chi connectivity index (χ1) is 9.41. The Balaban J connectivity index is 2.33. The molecule has 0 saturated heterocycles. The van der Waals surface area contributed by atoms with Gasteiger partial charge in [-0.15, -0.1) is 0 Å². The molecule has 2 aromatic rings. The summed E-state index contributed by atoms with van der Waals surface area (Å²) in [6, 6.07) is 1.83. The maximum atomic E-state index is 12.0. The van der Waals surface area contributed by atoms with Crippen LogP contribution in [0.15, 0.2) is 28.0 Å². The molecule has 106 valence electrons. The van der Waals surface area contributed by atoms with E-state index in [1.807, 2.05) is 13.0 Å². The molecule has 7 heteroatoms. The summed E-state index contributed by atoms with van der Waals surface area (Å²) in [7, 11) is 3.06. The molecule has 0 spiro atoms. The third-order valence-corrected chi connectivity index (χ3v) is 3.37. The predicted octanol–water partition coefficient (Wildman–Crippen LogP) is 1.05. The van der Waals surface area contributed by atoms with Crippen LogP contribution in [0.5, 0.6) is 0 Å². The van der Waals surface area contributed by atoms with Crippen molar-refractivity contribution in [1.29, 1.82) is 0 Å². The molecule has 0 bridgehead atoms. The lowest BCUT2D eigenvalue weighted by atomic mass is 10.2. The fourth-order valence-electron chi connectivity index (χ4n) is 1.93. The minimum absolute atomic E-state index is 0.271. The molecule has 2 aromatic heterocycles. The number of hydrogen-bond donors (Lipinski definition) is 1. The SMILES string of the molecule is Cc1ccnc(Cl)c1NCc1cn(C)c(=O)n(C)c1=O. The summed E-state index contributed by atoms with van der Waals surface area (Å²) < 4.78 is 2.45. The van der Waals surface area contributed by atoms with Crippen LogP contribution in [-0.2, 0) is 20.6 Å². The van der Waals surface area contributed by atoms with Gasteiger partial charge in [-0.1, -0.05) is 11.6 Å². The fraction of sp³-hybridized carbons (Fsp3) is 0.308. The van der Waals surface area contributed by atoms with E-state index in [1.54, 1.807) is 13.2 Å². The first-order valence-corrected chi connectivity index (χ1v) is 6.40. The summed E-state index contributed by atoms with van der Waals surface area (Å²) in [4.78, 5) is 27.6. The molecule has 0 atom stereocenters. The zero-order valence-corrected chi connectivity index (χ0v) is 12.2. The molecule has 0 aliphatic heterocycles. The van der Waals surface area contributed by atoms with Crippen molar-refractivity contribution in [3.63, 3.8) is 0 Å². The van der Waals surface area contributed by atoms with Crippen molar-refractivity contribution < 1.29 is 0 Å². The second-order valence-electron chi connectivity index (χ2n) is 4.56. The largest absolute Gasteiger partial charge is 0.378 e. The van der Waals surface area contributed by atoms with Gasteiger partial charge in [0.2, 0.25) is 0 Å². The Labute approximate surface area is 120 Å². The average molecular weight is 295 g/mol. The summed E-state index contributed by atoms with van der Waals surface area (Å²) in [6.45, 7) is 2.17. The Morgan fingerprint density at radius 1 is 1.35 bits per heavy atom. The fourth-order valence-corrected chi connectivity index (χ4v) is 2.20. The molecule has 0 unspecified atom stereocenters. The van der Waals surface area contributed by atoms with Crippen LogP contribution in [0, 0.1) is 6.92 Å². The monoisotopic (exact) mass is 294 g/mol. The summed E-state index contributed by atoms with van der Waals surface area (Å²) in [5.74, 6) is 0. The Morgan fingerprint density at radius 3 is 2.70 bits per heavy atom. The third kappa shape index (κ3) is 2.60. The van der Waals surface area contributed by atoms with Crippen LogP contribution in [0.3, 0.4) is 0 Å². The summed E-state index contributed by atoms with van der Waals surface area (Å²) in [5.41, 5.74) is 1.43. The number of nitrogens with zero attached hydrogens (tertiary/aromatic N) is 3. The van der Waals surface area contributed by atoms with E-state index in [0.717, 1.165) is 10.1 Å². The molecule has 0 radical (unpaired) electrons. The molecule has 0 aliphatic carbocycles. The maximum Gasteiger partial charge on any atom is 0.330 e. The normalized spacial score (nSPS) is 10.6. The van der Waals surface area contributed by atoms with E-state index in [-0.39, 0.29) is 17.8 Å². The lowest BCUT2D eigenvalue weighted by Crippen LogP contribution is -2.38. The van der Waals surface area contributed by atoms with Crippen LogP contribution in [0.25, 0.3) is 0 Å². The van der Waals surface area contributed by atoms with Gasteiger partial charge >= 0.3 is 5.69 Å². The van der Waals surface area contributed by atoms with Crippen molar-refractivity contribution in [1.82, 2.24) is 14.1 Å². The number of pyridine rings is 1. The van der Waals surface area contributed by atoms with Crippen molar-refractivity contribution in [2.24, 2.45) is 14.1 Å². The number of aromatic nitrogens is 3. The van der Waals surface area contributed by atoms with Crippen molar-refractivity contribution in [2.45, 2.75) is 13.5 Å². The second kappa shape index (κ2) is 5.50. The highest BCUT2D eigenvalue weighted by atomic mass is 35.5. The van der Waals surface area contributed by atoms with E-state index in [1.165, 1.54) is 17.8 Å². The standard InChI is InChI=1S/C13H15ClN4O2/c1-8-4-5-15-11(14)10(8)16-6-9-7-17(2)13(20)18(3)12(9)19/h4-5,7,16H,6H2,1-3H3. The lowest BCUT2D eigenvalue weighted by molar-refractivity contribution is 0.671. The van der Waals surface area contributed by atoms with Gasteiger partial charge in [-0.25, -0.2) is 9.78 Å². The molecule has 6 nitrogen and oxygen atoms in total. The molecule has 0 aromatic carbocycles. The number of halogens is 1. The summed E-state index contributed by atoms with van der Waals surface area (Å²) in [6.07, 6.45) is 3.14. The molecule has 0 aliphatic rings. The molecule has 0 saturated carbocycles. The first kappa shape index (κ1) is 14.3. The van der Waals surface area contributed by atoms with Crippen LogP contribution < -0.4 is 16.6 Å². The molecule has 1 N–H and O–H groups in total. The second-order valence-corrected chi connectivity index (χ2v) is 4.92. The zero-order valence-electron chi connectivity index (χ0n) is 11.5. The van der Waals surface area contributed by atoms with Crippen molar-refractivity contribution in [2.75, 3.05) is 5.32 Å². The number of anilines is 1. The van der Waals surface area contributed by atoms with E-state index >= 15 is 0 Å². The molecule has 0 fully saturated rings. The maximum absolute atomic E-state index is 12.0. The van der Waals surface area contributed by atoms with Gasteiger partial charge < -0.3 is 9.88 Å². The smallest absolute Gasteiger partial charge is 0.330 e. The highest BCUT2D eigenvalue weighted by Gasteiger charge is 2.09.